The van der Waals surface area contributed by atoms with Crippen molar-refractivity contribution in [2.45, 2.75) is 25.4 Å². The first-order valence-corrected chi connectivity index (χ1v) is 10.1. The molecule has 7 heteroatoms. The number of likely N-dealkylation sites (tertiary alicyclic amines) is 1. The zero-order chi connectivity index (χ0) is 17.5. The van der Waals surface area contributed by atoms with Crippen LogP contribution in [0, 0.1) is 4.77 Å². The normalized spacial score (nSPS) is 18.7. The highest BCUT2D eigenvalue weighted by Gasteiger charge is 2.24. The number of hydrogen-bond acceptors (Lipinski definition) is 5. The Bertz CT molecular complexity index is 1090. The van der Waals surface area contributed by atoms with Crippen LogP contribution in [0.25, 0.3) is 15.9 Å². The van der Waals surface area contributed by atoms with E-state index in [4.69, 9.17) is 17.2 Å². The lowest BCUT2D eigenvalue weighted by Gasteiger charge is -2.31. The summed E-state index contributed by atoms with van der Waals surface area (Å²) in [5, 5.41) is 5.92. The van der Waals surface area contributed by atoms with Gasteiger partial charge in [-0.15, -0.1) is 11.3 Å². The van der Waals surface area contributed by atoms with Crippen molar-refractivity contribution < 1.29 is 0 Å². The van der Waals surface area contributed by atoms with E-state index < -0.39 is 0 Å². The van der Waals surface area contributed by atoms with Gasteiger partial charge in [0.15, 0.2) is 5.65 Å². The van der Waals surface area contributed by atoms with Crippen LogP contribution >= 0.6 is 23.6 Å². The second-order valence-electron chi connectivity index (χ2n) is 6.79. The van der Waals surface area contributed by atoms with Crippen LogP contribution in [0.5, 0.6) is 0 Å². The van der Waals surface area contributed by atoms with E-state index in [0.29, 0.717) is 5.92 Å². The molecular formula is C19H19N5S2. The maximum atomic E-state index is 5.59. The Morgan fingerprint density at radius 2 is 2.04 bits per heavy atom. The summed E-state index contributed by atoms with van der Waals surface area (Å²) >= 11 is 7.42. The molecule has 1 aliphatic rings. The van der Waals surface area contributed by atoms with E-state index in [1.165, 1.54) is 22.5 Å². The van der Waals surface area contributed by atoms with Gasteiger partial charge in [0.2, 0.25) is 4.77 Å². The van der Waals surface area contributed by atoms with Crippen molar-refractivity contribution in [3.63, 3.8) is 0 Å². The minimum atomic E-state index is 0.493. The molecule has 132 valence electrons. The third-order valence-electron chi connectivity index (χ3n) is 4.99. The third-order valence-corrected chi connectivity index (χ3v) is 6.59. The van der Waals surface area contributed by atoms with Gasteiger partial charge in [0.05, 0.1) is 21.9 Å². The fraction of sp³-hybridized carbons (Fsp3) is 0.316. The van der Waals surface area contributed by atoms with Crippen molar-refractivity contribution in [1.82, 2.24) is 24.1 Å². The summed E-state index contributed by atoms with van der Waals surface area (Å²) in [5.74, 6) is 0.493. The zero-order valence-electron chi connectivity index (χ0n) is 14.3. The summed E-state index contributed by atoms with van der Waals surface area (Å²) in [6.07, 6.45) is 4.36. The molecule has 5 rings (SSSR count). The van der Waals surface area contributed by atoms with Gasteiger partial charge in [-0.05, 0) is 55.9 Å². The summed E-state index contributed by atoms with van der Waals surface area (Å²) in [6.45, 7) is 2.83. The van der Waals surface area contributed by atoms with Gasteiger partial charge in [0.1, 0.15) is 0 Å². The summed E-state index contributed by atoms with van der Waals surface area (Å²) in [4.78, 5) is 7.32. The van der Waals surface area contributed by atoms with Crippen LogP contribution in [0.1, 0.15) is 23.8 Å². The minimum absolute atomic E-state index is 0.493. The molecule has 3 aromatic heterocycles. The number of para-hydroxylation sites is 1. The maximum Gasteiger partial charge on any atom is 0.203 e. The first-order chi connectivity index (χ1) is 12.8. The van der Waals surface area contributed by atoms with E-state index in [1.54, 1.807) is 0 Å². The Morgan fingerprint density at radius 1 is 1.15 bits per heavy atom. The molecule has 0 radical (unpaired) electrons. The SMILES string of the molecule is S=c1n(CN2CCC[C@@H](c3nc4ccccc4s3)C2)nc2ccccn12. The van der Waals surface area contributed by atoms with Gasteiger partial charge >= 0.3 is 0 Å². The number of piperidine rings is 1. The monoisotopic (exact) mass is 381 g/mol. The van der Waals surface area contributed by atoms with Crippen LogP contribution < -0.4 is 0 Å². The van der Waals surface area contributed by atoms with Gasteiger partial charge in [-0.1, -0.05) is 18.2 Å². The van der Waals surface area contributed by atoms with Gasteiger partial charge in [0.25, 0.3) is 0 Å². The third kappa shape index (κ3) is 2.86. The molecule has 0 N–H and O–H groups in total. The topological polar surface area (TPSA) is 38.4 Å². The molecule has 0 bridgehead atoms. The largest absolute Gasteiger partial charge is 0.284 e. The van der Waals surface area contributed by atoms with Gasteiger partial charge < -0.3 is 0 Å². The first-order valence-electron chi connectivity index (χ1n) is 8.90. The molecule has 5 nitrogen and oxygen atoms in total. The lowest BCUT2D eigenvalue weighted by Crippen LogP contribution is -2.36. The number of aromatic nitrogens is 4. The fourth-order valence-corrected chi connectivity index (χ4v) is 5.05. The molecule has 1 fully saturated rings. The molecule has 0 saturated carbocycles. The second-order valence-corrected chi connectivity index (χ2v) is 8.22. The molecule has 1 atom stereocenters. The van der Waals surface area contributed by atoms with Crippen molar-refractivity contribution in [3.05, 3.63) is 58.4 Å². The molecule has 4 aromatic rings. The number of thiazole rings is 1. The molecule has 0 unspecified atom stereocenters. The summed E-state index contributed by atoms with van der Waals surface area (Å²) < 4.78 is 5.93. The fourth-order valence-electron chi connectivity index (χ4n) is 3.70. The first kappa shape index (κ1) is 16.1. The van der Waals surface area contributed by atoms with E-state index in [-0.39, 0.29) is 0 Å². The Kier molecular flexibility index (Phi) is 4.07. The highest BCUT2D eigenvalue weighted by Crippen LogP contribution is 2.33. The Morgan fingerprint density at radius 3 is 2.92 bits per heavy atom. The number of fused-ring (bicyclic) bond motifs is 2. The van der Waals surface area contributed by atoms with Gasteiger partial charge in [-0.2, -0.15) is 5.10 Å². The van der Waals surface area contributed by atoms with E-state index in [1.807, 2.05) is 44.8 Å². The molecule has 0 aliphatic carbocycles. The summed E-state index contributed by atoms with van der Waals surface area (Å²) in [7, 11) is 0. The molecule has 1 saturated heterocycles. The Labute approximate surface area is 160 Å². The van der Waals surface area contributed by atoms with Crippen LogP contribution in [0.3, 0.4) is 0 Å². The number of nitrogens with zero attached hydrogens (tertiary/aromatic N) is 5. The molecule has 0 spiro atoms. The summed E-state index contributed by atoms with van der Waals surface area (Å²) in [6, 6.07) is 14.4. The lowest BCUT2D eigenvalue weighted by molar-refractivity contribution is 0.156. The van der Waals surface area contributed by atoms with Gasteiger partial charge in [-0.3, -0.25) is 9.30 Å². The number of benzene rings is 1. The number of rotatable bonds is 3. The van der Waals surface area contributed by atoms with Crippen LogP contribution in [-0.4, -0.2) is 37.2 Å². The molecule has 26 heavy (non-hydrogen) atoms. The standard InChI is InChI=1S/C19H19N5S2/c25-19-23-11-4-3-9-17(23)21-24(19)13-22-10-5-6-14(12-22)18-20-15-7-1-2-8-16(15)26-18/h1-4,7-9,11,14H,5-6,10,12-13H2/t14-/m1/s1. The molecule has 0 amide bonds. The van der Waals surface area contributed by atoms with E-state index in [0.717, 1.165) is 35.7 Å². The number of pyridine rings is 1. The predicted octanol–water partition coefficient (Wildman–Crippen LogP) is 4.31. The van der Waals surface area contributed by atoms with Crippen molar-refractivity contribution in [3.8, 4) is 0 Å². The highest BCUT2D eigenvalue weighted by atomic mass is 32.1. The average molecular weight is 382 g/mol. The summed E-state index contributed by atoms with van der Waals surface area (Å²) in [5.41, 5.74) is 2.02. The van der Waals surface area contributed by atoms with Crippen molar-refractivity contribution in [2.75, 3.05) is 13.1 Å². The second kappa shape index (κ2) is 6.57. The van der Waals surface area contributed by atoms with Crippen molar-refractivity contribution in [2.24, 2.45) is 0 Å². The molecular weight excluding hydrogens is 362 g/mol. The van der Waals surface area contributed by atoms with Crippen molar-refractivity contribution >= 4 is 39.4 Å². The van der Waals surface area contributed by atoms with Gasteiger partial charge in [0, 0.05) is 18.7 Å². The molecule has 1 aliphatic heterocycles. The van der Waals surface area contributed by atoms with E-state index in [2.05, 4.69) is 34.3 Å². The lowest BCUT2D eigenvalue weighted by atomic mass is 9.99. The Hall–Kier alpha value is -2.09. The quantitative estimate of drug-likeness (QED) is 0.496. The van der Waals surface area contributed by atoms with Crippen LogP contribution in [0.4, 0.5) is 0 Å². The van der Waals surface area contributed by atoms with Crippen LogP contribution in [0.2, 0.25) is 0 Å². The average Bonchev–Trinajstić information content (AvgIpc) is 3.24. The van der Waals surface area contributed by atoms with Gasteiger partial charge in [-0.25, -0.2) is 9.67 Å². The highest BCUT2D eigenvalue weighted by molar-refractivity contribution is 7.71. The van der Waals surface area contributed by atoms with E-state index in [9.17, 15) is 0 Å². The van der Waals surface area contributed by atoms with Crippen LogP contribution in [0.15, 0.2) is 48.7 Å². The van der Waals surface area contributed by atoms with Crippen molar-refractivity contribution in [1.29, 1.82) is 0 Å². The maximum absolute atomic E-state index is 5.59. The Balaban J connectivity index is 1.38. The zero-order valence-corrected chi connectivity index (χ0v) is 15.9. The molecule has 1 aromatic carbocycles. The number of hydrogen-bond donors (Lipinski definition) is 0. The smallest absolute Gasteiger partial charge is 0.203 e. The molecule has 4 heterocycles. The van der Waals surface area contributed by atoms with E-state index >= 15 is 0 Å². The minimum Gasteiger partial charge on any atom is -0.284 e. The van der Waals surface area contributed by atoms with Crippen LogP contribution in [-0.2, 0) is 6.67 Å². The predicted molar refractivity (Wildman–Crippen MR) is 107 cm³/mol.